The predicted molar refractivity (Wildman–Crippen MR) is 82.0 cm³/mol. The third-order valence-electron chi connectivity index (χ3n) is 2.75. The second kappa shape index (κ2) is 9.95. The van der Waals surface area contributed by atoms with Crippen LogP contribution in [0, 0.1) is 10.1 Å². The van der Waals surface area contributed by atoms with Crippen LogP contribution < -0.4 is 15.4 Å². The van der Waals surface area contributed by atoms with Crippen LogP contribution in [0.25, 0.3) is 0 Å². The number of nitro benzene ring substituents is 1. The van der Waals surface area contributed by atoms with Crippen molar-refractivity contribution in [3.05, 3.63) is 34.4 Å². The molecular weight excluding hydrogens is 298 g/mol. The first-order chi connectivity index (χ1) is 9.54. The number of nitrogens with one attached hydrogen (secondary N) is 2. The Morgan fingerprint density at radius 2 is 2.10 bits per heavy atom. The minimum absolute atomic E-state index is 0. The van der Waals surface area contributed by atoms with Crippen LogP contribution in [-0.4, -0.2) is 37.1 Å². The molecule has 2 N–H and O–H groups in total. The fourth-order valence-electron chi connectivity index (χ4n) is 1.44. The van der Waals surface area contributed by atoms with Crippen molar-refractivity contribution in [2.24, 2.45) is 0 Å². The first kappa shape index (κ1) is 19.1. The van der Waals surface area contributed by atoms with Gasteiger partial charge in [-0.3, -0.25) is 14.9 Å². The zero-order valence-electron chi connectivity index (χ0n) is 12.0. The Morgan fingerprint density at radius 1 is 1.43 bits per heavy atom. The maximum Gasteiger partial charge on any atom is 0.310 e. The van der Waals surface area contributed by atoms with E-state index in [4.69, 9.17) is 4.74 Å². The molecule has 0 saturated carbocycles. The van der Waals surface area contributed by atoms with E-state index in [0.29, 0.717) is 6.54 Å². The summed E-state index contributed by atoms with van der Waals surface area (Å²) in [5.41, 5.74) is -0.100. The molecule has 1 rings (SSSR count). The van der Waals surface area contributed by atoms with Crippen LogP contribution in [0.5, 0.6) is 5.75 Å². The monoisotopic (exact) mass is 317 g/mol. The van der Waals surface area contributed by atoms with E-state index in [2.05, 4.69) is 10.6 Å². The normalized spacial score (nSPS) is 11.1. The Bertz CT molecular complexity index is 470. The number of benzene rings is 1. The number of ether oxygens (including phenoxy) is 1. The van der Waals surface area contributed by atoms with Crippen LogP contribution in [-0.2, 0) is 4.79 Å². The summed E-state index contributed by atoms with van der Waals surface area (Å²) in [7, 11) is 1.81. The fraction of sp³-hybridized carbons (Fsp3) is 0.462. The van der Waals surface area contributed by atoms with E-state index >= 15 is 0 Å². The Hall–Kier alpha value is -1.86. The summed E-state index contributed by atoms with van der Waals surface area (Å²) in [6.07, 6.45) is 0.155. The number of halogens is 1. The van der Waals surface area contributed by atoms with Crippen molar-refractivity contribution < 1.29 is 14.5 Å². The van der Waals surface area contributed by atoms with Gasteiger partial charge in [-0.1, -0.05) is 12.1 Å². The van der Waals surface area contributed by atoms with Gasteiger partial charge in [0.05, 0.1) is 18.0 Å². The summed E-state index contributed by atoms with van der Waals surface area (Å²) in [6, 6.07) is 6.28. The maximum absolute atomic E-state index is 11.5. The van der Waals surface area contributed by atoms with Gasteiger partial charge >= 0.3 is 5.69 Å². The minimum atomic E-state index is -0.510. The molecule has 0 spiro atoms. The zero-order valence-corrected chi connectivity index (χ0v) is 12.8. The van der Waals surface area contributed by atoms with E-state index in [1.165, 1.54) is 12.1 Å². The highest BCUT2D eigenvalue weighted by Crippen LogP contribution is 2.25. The van der Waals surface area contributed by atoms with Crippen LogP contribution in [0.15, 0.2) is 24.3 Å². The number of hydrogen-bond donors (Lipinski definition) is 2. The van der Waals surface area contributed by atoms with Gasteiger partial charge in [-0.15, -0.1) is 12.4 Å². The third kappa shape index (κ3) is 6.92. The molecule has 7 nitrogen and oxygen atoms in total. The van der Waals surface area contributed by atoms with Crippen LogP contribution in [0.2, 0.25) is 0 Å². The molecule has 118 valence electrons. The Balaban J connectivity index is 0.00000400. The van der Waals surface area contributed by atoms with E-state index in [9.17, 15) is 14.9 Å². The standard InChI is InChI=1S/C13H19N3O4.ClH/c1-10(14-2)9-15-13(17)7-8-20-12-6-4-3-5-11(12)16(18)19;/h3-6,10,14H,7-9H2,1-2H3,(H,15,17);1H. The molecular formula is C13H20ClN3O4. The number of hydrogen-bond acceptors (Lipinski definition) is 5. The first-order valence-corrected chi connectivity index (χ1v) is 6.34. The lowest BCUT2D eigenvalue weighted by molar-refractivity contribution is -0.385. The Kier molecular flexibility index (Phi) is 9.07. The molecule has 8 heteroatoms. The summed E-state index contributed by atoms with van der Waals surface area (Å²) < 4.78 is 5.28. The lowest BCUT2D eigenvalue weighted by atomic mass is 10.3. The average molecular weight is 318 g/mol. The average Bonchev–Trinajstić information content (AvgIpc) is 2.45. The molecule has 0 aliphatic heterocycles. The van der Waals surface area contributed by atoms with E-state index < -0.39 is 4.92 Å². The SMILES string of the molecule is CNC(C)CNC(=O)CCOc1ccccc1[N+](=O)[O-].Cl. The van der Waals surface area contributed by atoms with Crippen molar-refractivity contribution in [3.63, 3.8) is 0 Å². The molecule has 1 aromatic rings. The molecule has 1 amide bonds. The van der Waals surface area contributed by atoms with Crippen molar-refractivity contribution >= 4 is 24.0 Å². The molecule has 0 aliphatic carbocycles. The summed E-state index contributed by atoms with van der Waals surface area (Å²) in [5, 5.41) is 16.5. The van der Waals surface area contributed by atoms with Gasteiger partial charge in [-0.05, 0) is 20.0 Å². The summed E-state index contributed by atoms with van der Waals surface area (Å²) in [6.45, 7) is 2.58. The lowest BCUT2D eigenvalue weighted by Crippen LogP contribution is -2.37. The van der Waals surface area contributed by atoms with Gasteiger partial charge < -0.3 is 15.4 Å². The van der Waals surface area contributed by atoms with Crippen molar-refractivity contribution in [2.45, 2.75) is 19.4 Å². The molecule has 0 saturated heterocycles. The van der Waals surface area contributed by atoms with E-state index in [1.807, 2.05) is 14.0 Å². The third-order valence-corrected chi connectivity index (χ3v) is 2.75. The van der Waals surface area contributed by atoms with E-state index in [1.54, 1.807) is 12.1 Å². The van der Waals surface area contributed by atoms with Crippen LogP contribution >= 0.6 is 12.4 Å². The van der Waals surface area contributed by atoms with Crippen LogP contribution in [0.1, 0.15) is 13.3 Å². The number of carbonyl (C=O) groups is 1. The number of rotatable bonds is 8. The molecule has 0 heterocycles. The quantitative estimate of drug-likeness (QED) is 0.560. The summed E-state index contributed by atoms with van der Waals surface area (Å²) in [5.74, 6) is 0.0274. The van der Waals surface area contributed by atoms with Gasteiger partial charge in [0.2, 0.25) is 5.91 Å². The molecule has 0 aromatic heterocycles. The molecule has 0 radical (unpaired) electrons. The number of amides is 1. The van der Waals surface area contributed by atoms with Gasteiger partial charge in [-0.25, -0.2) is 0 Å². The minimum Gasteiger partial charge on any atom is -0.486 e. The predicted octanol–water partition coefficient (Wildman–Crippen LogP) is 1.51. The number of nitrogens with zero attached hydrogens (tertiary/aromatic N) is 1. The highest BCUT2D eigenvalue weighted by atomic mass is 35.5. The van der Waals surface area contributed by atoms with Gasteiger partial charge in [0, 0.05) is 18.7 Å². The highest BCUT2D eigenvalue weighted by molar-refractivity contribution is 5.85. The smallest absolute Gasteiger partial charge is 0.310 e. The van der Waals surface area contributed by atoms with Gasteiger partial charge in [0.1, 0.15) is 0 Å². The van der Waals surface area contributed by atoms with Gasteiger partial charge in [0.15, 0.2) is 5.75 Å². The van der Waals surface area contributed by atoms with Crippen molar-refractivity contribution in [1.82, 2.24) is 10.6 Å². The molecule has 1 atom stereocenters. The molecule has 0 aliphatic rings. The van der Waals surface area contributed by atoms with Crippen molar-refractivity contribution in [1.29, 1.82) is 0 Å². The topological polar surface area (TPSA) is 93.5 Å². The fourth-order valence-corrected chi connectivity index (χ4v) is 1.44. The van der Waals surface area contributed by atoms with Gasteiger partial charge in [-0.2, -0.15) is 0 Å². The highest BCUT2D eigenvalue weighted by Gasteiger charge is 2.13. The maximum atomic E-state index is 11.5. The second-order valence-electron chi connectivity index (χ2n) is 4.32. The Labute approximate surface area is 129 Å². The molecule has 0 bridgehead atoms. The lowest BCUT2D eigenvalue weighted by Gasteiger charge is -2.11. The molecule has 21 heavy (non-hydrogen) atoms. The molecule has 1 unspecified atom stereocenters. The first-order valence-electron chi connectivity index (χ1n) is 6.34. The van der Waals surface area contributed by atoms with Crippen LogP contribution in [0.4, 0.5) is 5.69 Å². The zero-order chi connectivity index (χ0) is 15.0. The number of para-hydroxylation sites is 2. The number of likely N-dealkylation sites (N-methyl/N-ethyl adjacent to an activating group) is 1. The summed E-state index contributed by atoms with van der Waals surface area (Å²) in [4.78, 5) is 21.8. The van der Waals surface area contributed by atoms with Crippen molar-refractivity contribution in [2.75, 3.05) is 20.2 Å². The molecule has 0 fully saturated rings. The van der Waals surface area contributed by atoms with E-state index in [-0.39, 0.29) is 48.8 Å². The number of carbonyl (C=O) groups excluding carboxylic acids is 1. The summed E-state index contributed by atoms with van der Waals surface area (Å²) >= 11 is 0. The Morgan fingerprint density at radius 3 is 2.71 bits per heavy atom. The largest absolute Gasteiger partial charge is 0.486 e. The van der Waals surface area contributed by atoms with Gasteiger partial charge in [0.25, 0.3) is 0 Å². The number of nitro groups is 1. The van der Waals surface area contributed by atoms with Crippen molar-refractivity contribution in [3.8, 4) is 5.75 Å². The van der Waals surface area contributed by atoms with E-state index in [0.717, 1.165) is 0 Å². The molecule has 1 aromatic carbocycles. The van der Waals surface area contributed by atoms with Crippen LogP contribution in [0.3, 0.4) is 0 Å². The second-order valence-corrected chi connectivity index (χ2v) is 4.32.